The summed E-state index contributed by atoms with van der Waals surface area (Å²) in [5.74, 6) is 0.0468. The minimum atomic E-state index is -0.516. The van der Waals surface area contributed by atoms with Crippen LogP contribution in [0.3, 0.4) is 0 Å². The van der Waals surface area contributed by atoms with Crippen LogP contribution in [0.25, 0.3) is 0 Å². The van der Waals surface area contributed by atoms with Gasteiger partial charge in [-0.05, 0) is 33.6 Å². The van der Waals surface area contributed by atoms with E-state index in [9.17, 15) is 9.59 Å². The van der Waals surface area contributed by atoms with Crippen molar-refractivity contribution in [3.63, 3.8) is 0 Å². The smallest absolute Gasteiger partial charge is 0.330 e. The van der Waals surface area contributed by atoms with Crippen LogP contribution in [-0.4, -0.2) is 28.9 Å². The molecular weight excluding hydrogens is 230 g/mol. The van der Waals surface area contributed by atoms with Crippen LogP contribution in [0.5, 0.6) is 0 Å². The fourth-order valence-corrected chi connectivity index (χ4v) is 2.12. The van der Waals surface area contributed by atoms with Crippen LogP contribution in [0.4, 0.5) is 0 Å². The Bertz CT molecular complexity index is 303. The molecule has 1 heterocycles. The molecule has 0 saturated carbocycles. The van der Waals surface area contributed by atoms with Gasteiger partial charge in [0.25, 0.3) is 0 Å². The first kappa shape index (κ1) is 15.2. The van der Waals surface area contributed by atoms with Crippen molar-refractivity contribution in [2.75, 3.05) is 0 Å². The van der Waals surface area contributed by atoms with Crippen molar-refractivity contribution in [2.24, 2.45) is 5.41 Å². The number of nitrogens with zero attached hydrogens (tertiary/aromatic N) is 1. The van der Waals surface area contributed by atoms with Crippen LogP contribution in [0.1, 0.15) is 60.3 Å². The van der Waals surface area contributed by atoms with Gasteiger partial charge in [-0.15, -0.1) is 5.06 Å². The molecule has 1 aliphatic rings. The fourth-order valence-electron chi connectivity index (χ4n) is 2.12. The average Bonchev–Trinajstić information content (AvgIpc) is 2.29. The molecular formula is C14H25NO3. The highest BCUT2D eigenvalue weighted by Gasteiger charge is 2.37. The quantitative estimate of drug-likeness (QED) is 0.778. The number of Topliss-reactive ketones (excluding diaryl/α,β-unsaturated/α-hetero) is 1. The first-order valence-electron chi connectivity index (χ1n) is 6.82. The summed E-state index contributed by atoms with van der Waals surface area (Å²) in [6, 6.07) is 0.0602. The van der Waals surface area contributed by atoms with Crippen LogP contribution < -0.4 is 0 Å². The van der Waals surface area contributed by atoms with Gasteiger partial charge in [-0.1, -0.05) is 13.8 Å². The fraction of sp³-hybridized carbons (Fsp3) is 0.857. The molecule has 1 aliphatic heterocycles. The Hall–Kier alpha value is -0.900. The number of hydroxylamine groups is 2. The van der Waals surface area contributed by atoms with Gasteiger partial charge in [-0.25, -0.2) is 4.79 Å². The lowest BCUT2D eigenvalue weighted by Gasteiger charge is -2.39. The van der Waals surface area contributed by atoms with E-state index in [1.165, 1.54) is 0 Å². The number of carbonyl (C=O) groups excluding carboxylic acids is 2. The van der Waals surface area contributed by atoms with E-state index >= 15 is 0 Å². The highest BCUT2D eigenvalue weighted by Crippen LogP contribution is 2.27. The van der Waals surface area contributed by atoms with Crippen molar-refractivity contribution in [3.8, 4) is 0 Å². The molecule has 1 rings (SSSR count). The summed E-state index contributed by atoms with van der Waals surface area (Å²) >= 11 is 0. The van der Waals surface area contributed by atoms with Gasteiger partial charge in [0.2, 0.25) is 0 Å². The van der Waals surface area contributed by atoms with Crippen LogP contribution >= 0.6 is 0 Å². The molecule has 0 spiro atoms. The van der Waals surface area contributed by atoms with E-state index in [1.807, 2.05) is 34.6 Å². The first-order valence-corrected chi connectivity index (χ1v) is 6.82. The Labute approximate surface area is 110 Å². The van der Waals surface area contributed by atoms with Gasteiger partial charge < -0.3 is 4.84 Å². The lowest BCUT2D eigenvalue weighted by atomic mass is 9.93. The summed E-state index contributed by atoms with van der Waals surface area (Å²) in [5, 5.41) is 1.77. The summed E-state index contributed by atoms with van der Waals surface area (Å²) in [4.78, 5) is 29.2. The Morgan fingerprint density at radius 3 is 2.00 bits per heavy atom. The molecule has 2 unspecified atom stereocenters. The summed E-state index contributed by atoms with van der Waals surface area (Å²) in [7, 11) is 0. The molecule has 0 aromatic heterocycles. The summed E-state index contributed by atoms with van der Waals surface area (Å²) in [5.41, 5.74) is -0.516. The Morgan fingerprint density at radius 1 is 1.22 bits per heavy atom. The van der Waals surface area contributed by atoms with Gasteiger partial charge in [-0.3, -0.25) is 4.79 Å². The number of carbonyl (C=O) groups is 2. The topological polar surface area (TPSA) is 46.6 Å². The highest BCUT2D eigenvalue weighted by atomic mass is 16.7. The Kier molecular flexibility index (Phi) is 4.91. The minimum absolute atomic E-state index is 0.0301. The molecule has 0 aromatic carbocycles. The first-order chi connectivity index (χ1) is 8.29. The maximum atomic E-state index is 12.0. The zero-order valence-electron chi connectivity index (χ0n) is 12.2. The lowest BCUT2D eigenvalue weighted by Crippen LogP contribution is -2.51. The predicted octanol–water partition coefficient (Wildman–Crippen LogP) is 2.71. The van der Waals surface area contributed by atoms with E-state index in [1.54, 1.807) is 5.06 Å². The third-order valence-electron chi connectivity index (χ3n) is 3.39. The highest BCUT2D eigenvalue weighted by molar-refractivity contribution is 5.80. The molecule has 0 aromatic rings. The molecule has 18 heavy (non-hydrogen) atoms. The molecule has 0 aliphatic carbocycles. The zero-order chi connectivity index (χ0) is 13.9. The maximum Gasteiger partial charge on any atom is 0.330 e. The van der Waals surface area contributed by atoms with Gasteiger partial charge in [0.1, 0.15) is 5.78 Å². The van der Waals surface area contributed by atoms with E-state index in [0.29, 0.717) is 12.8 Å². The van der Waals surface area contributed by atoms with Gasteiger partial charge in [0.05, 0.1) is 17.5 Å². The zero-order valence-corrected chi connectivity index (χ0v) is 12.2. The van der Waals surface area contributed by atoms with Crippen LogP contribution in [0.2, 0.25) is 0 Å². The molecule has 0 N–H and O–H groups in total. The molecule has 104 valence electrons. The van der Waals surface area contributed by atoms with Gasteiger partial charge in [-0.2, -0.15) is 0 Å². The van der Waals surface area contributed by atoms with Crippen molar-refractivity contribution >= 4 is 11.8 Å². The van der Waals surface area contributed by atoms with E-state index in [-0.39, 0.29) is 23.8 Å². The van der Waals surface area contributed by atoms with E-state index in [2.05, 4.69) is 0 Å². The van der Waals surface area contributed by atoms with Gasteiger partial charge in [0, 0.05) is 12.8 Å². The molecule has 0 radical (unpaired) electrons. The number of hydrogen-bond acceptors (Lipinski definition) is 4. The third-order valence-corrected chi connectivity index (χ3v) is 3.39. The van der Waals surface area contributed by atoms with Gasteiger partial charge in [0.15, 0.2) is 0 Å². The predicted molar refractivity (Wildman–Crippen MR) is 69.8 cm³/mol. The van der Waals surface area contributed by atoms with Crippen molar-refractivity contribution in [1.82, 2.24) is 5.06 Å². The molecule has 0 amide bonds. The molecule has 2 atom stereocenters. The second-order valence-corrected chi connectivity index (χ2v) is 6.06. The number of hydrogen-bond donors (Lipinski definition) is 0. The lowest BCUT2D eigenvalue weighted by molar-refractivity contribution is -0.231. The number of ketones is 1. The molecule has 1 saturated heterocycles. The minimum Gasteiger partial charge on any atom is -0.367 e. The molecule has 0 bridgehead atoms. The number of rotatable bonds is 3. The molecule has 1 fully saturated rings. The third kappa shape index (κ3) is 3.55. The monoisotopic (exact) mass is 255 g/mol. The second-order valence-electron chi connectivity index (χ2n) is 6.06. The van der Waals surface area contributed by atoms with E-state index in [4.69, 9.17) is 4.84 Å². The Balaban J connectivity index is 2.80. The van der Waals surface area contributed by atoms with Crippen LogP contribution in [0, 0.1) is 5.41 Å². The van der Waals surface area contributed by atoms with Crippen molar-refractivity contribution in [3.05, 3.63) is 0 Å². The van der Waals surface area contributed by atoms with E-state index in [0.717, 1.165) is 12.8 Å². The average molecular weight is 255 g/mol. The SMILES string of the molecule is CCC1CC(=O)CC(CC)N1OC(=O)C(C)(C)C. The number of piperidine rings is 1. The van der Waals surface area contributed by atoms with Crippen molar-refractivity contribution in [1.29, 1.82) is 0 Å². The maximum absolute atomic E-state index is 12.0. The Morgan fingerprint density at radius 2 is 1.67 bits per heavy atom. The summed E-state index contributed by atoms with van der Waals surface area (Å²) < 4.78 is 0. The normalized spacial score (nSPS) is 26.2. The summed E-state index contributed by atoms with van der Waals surface area (Å²) in [6.07, 6.45) is 2.62. The van der Waals surface area contributed by atoms with Crippen molar-refractivity contribution in [2.45, 2.75) is 72.4 Å². The standard InChI is InChI=1S/C14H25NO3/c1-6-10-8-12(16)9-11(7-2)15(10)18-13(17)14(3,4)5/h10-11H,6-9H2,1-5H3. The van der Waals surface area contributed by atoms with Crippen LogP contribution in [0.15, 0.2) is 0 Å². The molecule has 4 nitrogen and oxygen atoms in total. The van der Waals surface area contributed by atoms with E-state index < -0.39 is 5.41 Å². The van der Waals surface area contributed by atoms with Crippen LogP contribution in [-0.2, 0) is 14.4 Å². The molecule has 4 heteroatoms. The van der Waals surface area contributed by atoms with Crippen molar-refractivity contribution < 1.29 is 14.4 Å². The van der Waals surface area contributed by atoms with Gasteiger partial charge >= 0.3 is 5.97 Å². The second kappa shape index (κ2) is 5.83. The summed E-state index contributed by atoms with van der Waals surface area (Å²) in [6.45, 7) is 9.56. The largest absolute Gasteiger partial charge is 0.367 e.